The van der Waals surface area contributed by atoms with Crippen LogP contribution in [0, 0.1) is 0 Å². The summed E-state index contributed by atoms with van der Waals surface area (Å²) in [6.07, 6.45) is 3.79. The van der Waals surface area contributed by atoms with Crippen LogP contribution in [0.1, 0.15) is 5.56 Å². The minimum absolute atomic E-state index is 0.0337. The highest BCUT2D eigenvalue weighted by Crippen LogP contribution is 2.26. The molecule has 0 aliphatic carbocycles. The maximum Gasteiger partial charge on any atom is 0.191 e. The van der Waals surface area contributed by atoms with Crippen molar-refractivity contribution in [2.45, 2.75) is 4.90 Å². The second kappa shape index (κ2) is 4.97. The number of dihydropyridines is 1. The summed E-state index contributed by atoms with van der Waals surface area (Å²) in [4.78, 5) is 16.7. The highest BCUT2D eigenvalue weighted by atomic mass is 79.9. The molecule has 0 fully saturated rings. The van der Waals surface area contributed by atoms with Gasteiger partial charge in [0, 0.05) is 16.7 Å². The number of aliphatic imine (C=N–C) groups is 1. The van der Waals surface area contributed by atoms with Gasteiger partial charge in [-0.15, -0.1) is 11.8 Å². The summed E-state index contributed by atoms with van der Waals surface area (Å²) in [5, 5.41) is 0. The molecule has 0 bridgehead atoms. The van der Waals surface area contributed by atoms with E-state index in [1.807, 2.05) is 30.5 Å². The number of allylic oxidation sites excluding steroid dienone is 1. The molecule has 1 aliphatic rings. The number of halogens is 1. The molecule has 1 aromatic rings. The molecule has 0 saturated heterocycles. The van der Waals surface area contributed by atoms with Gasteiger partial charge < -0.3 is 0 Å². The Morgan fingerprint density at radius 2 is 2.00 bits per heavy atom. The molecule has 0 saturated carbocycles. The van der Waals surface area contributed by atoms with Gasteiger partial charge in [-0.05, 0) is 39.9 Å². The topological polar surface area (TPSA) is 29.4 Å². The monoisotopic (exact) mass is 295 g/mol. The molecule has 0 atom stereocenters. The van der Waals surface area contributed by atoms with Crippen LogP contribution < -0.4 is 0 Å². The van der Waals surface area contributed by atoms with Gasteiger partial charge >= 0.3 is 0 Å². The van der Waals surface area contributed by atoms with Crippen molar-refractivity contribution in [2.24, 2.45) is 4.99 Å². The molecule has 1 aliphatic heterocycles. The molecule has 2 nitrogen and oxygen atoms in total. The zero-order valence-electron chi connectivity index (χ0n) is 8.74. The van der Waals surface area contributed by atoms with E-state index >= 15 is 0 Å². The first-order valence-corrected chi connectivity index (χ1v) is 6.81. The molecule has 16 heavy (non-hydrogen) atoms. The number of carbonyl (C=O) groups is 1. The van der Waals surface area contributed by atoms with Crippen LogP contribution in [0.15, 0.2) is 38.6 Å². The standard InChI is InChI=1S/C12H10BrNOS/c1-16-9-4-2-8(3-5-9)10-6-14-7-11(15)12(10)13/h2-6H,7H2,1H3. The highest BCUT2D eigenvalue weighted by Gasteiger charge is 2.16. The lowest BCUT2D eigenvalue weighted by Crippen LogP contribution is -2.10. The fourth-order valence-corrected chi connectivity index (χ4v) is 2.33. The Morgan fingerprint density at radius 3 is 2.62 bits per heavy atom. The van der Waals surface area contributed by atoms with E-state index in [-0.39, 0.29) is 12.3 Å². The number of carbonyl (C=O) groups excluding carboxylic acids is 1. The summed E-state index contributed by atoms with van der Waals surface area (Å²) in [6.45, 7) is 0.243. The van der Waals surface area contributed by atoms with Crippen molar-refractivity contribution in [1.29, 1.82) is 0 Å². The van der Waals surface area contributed by atoms with Crippen LogP contribution in [0.3, 0.4) is 0 Å². The third-order valence-corrected chi connectivity index (χ3v) is 3.95. The quantitative estimate of drug-likeness (QED) is 0.785. The Labute approximate surface area is 107 Å². The minimum Gasteiger partial charge on any atom is -0.291 e. The van der Waals surface area contributed by atoms with E-state index in [1.54, 1.807) is 18.0 Å². The summed E-state index contributed by atoms with van der Waals surface area (Å²) in [6, 6.07) is 8.10. The van der Waals surface area contributed by atoms with Crippen molar-refractivity contribution >= 4 is 45.3 Å². The SMILES string of the molecule is CSc1ccc(C2=C(Br)C(=O)CN=C2)cc1. The number of rotatable bonds is 2. The highest BCUT2D eigenvalue weighted by molar-refractivity contribution is 9.12. The normalized spacial score (nSPS) is 15.8. The van der Waals surface area contributed by atoms with Crippen molar-refractivity contribution in [3.8, 4) is 0 Å². The molecule has 2 rings (SSSR count). The van der Waals surface area contributed by atoms with Crippen molar-refractivity contribution in [3.63, 3.8) is 0 Å². The van der Waals surface area contributed by atoms with Crippen LogP contribution in [0.5, 0.6) is 0 Å². The Balaban J connectivity index is 2.40. The lowest BCUT2D eigenvalue weighted by atomic mass is 10.0. The van der Waals surface area contributed by atoms with Crippen molar-refractivity contribution in [3.05, 3.63) is 34.3 Å². The maximum absolute atomic E-state index is 11.5. The van der Waals surface area contributed by atoms with Crippen LogP contribution in [-0.4, -0.2) is 24.8 Å². The van der Waals surface area contributed by atoms with E-state index < -0.39 is 0 Å². The Hall–Kier alpha value is -0.870. The third-order valence-electron chi connectivity index (χ3n) is 2.34. The van der Waals surface area contributed by atoms with Gasteiger partial charge in [-0.25, -0.2) is 0 Å². The fourth-order valence-electron chi connectivity index (χ4n) is 1.47. The van der Waals surface area contributed by atoms with E-state index in [1.165, 1.54) is 4.90 Å². The zero-order chi connectivity index (χ0) is 11.5. The lowest BCUT2D eigenvalue weighted by molar-refractivity contribution is -0.113. The number of Topliss-reactive ketones (excluding diaryl/α,β-unsaturated/α-hetero) is 1. The van der Waals surface area contributed by atoms with E-state index in [0.29, 0.717) is 4.48 Å². The molecule has 0 amide bonds. The average Bonchev–Trinajstić information content (AvgIpc) is 2.33. The van der Waals surface area contributed by atoms with Gasteiger partial charge in [-0.1, -0.05) is 12.1 Å². The van der Waals surface area contributed by atoms with Crippen molar-refractivity contribution in [1.82, 2.24) is 0 Å². The Bertz CT molecular complexity index is 476. The van der Waals surface area contributed by atoms with E-state index in [4.69, 9.17) is 0 Å². The lowest BCUT2D eigenvalue weighted by Gasteiger charge is -2.10. The Morgan fingerprint density at radius 1 is 1.31 bits per heavy atom. The first-order chi connectivity index (χ1) is 7.72. The molecule has 1 aromatic carbocycles. The predicted molar refractivity (Wildman–Crippen MR) is 72.4 cm³/mol. The largest absolute Gasteiger partial charge is 0.291 e. The molecule has 0 radical (unpaired) electrons. The van der Waals surface area contributed by atoms with Crippen molar-refractivity contribution < 1.29 is 4.79 Å². The van der Waals surface area contributed by atoms with Gasteiger partial charge in [0.2, 0.25) is 0 Å². The van der Waals surface area contributed by atoms with Crippen molar-refractivity contribution in [2.75, 3.05) is 12.8 Å². The number of nitrogens with zero attached hydrogens (tertiary/aromatic N) is 1. The van der Waals surface area contributed by atoms with Crippen LogP contribution in [0.25, 0.3) is 5.57 Å². The van der Waals surface area contributed by atoms with E-state index in [0.717, 1.165) is 11.1 Å². The molecule has 82 valence electrons. The second-order valence-corrected chi connectivity index (χ2v) is 5.02. The molecule has 4 heteroatoms. The van der Waals surface area contributed by atoms with E-state index in [2.05, 4.69) is 20.9 Å². The third kappa shape index (κ3) is 2.28. The molecule has 0 aromatic heterocycles. The van der Waals surface area contributed by atoms with Gasteiger partial charge in [0.15, 0.2) is 5.78 Å². The van der Waals surface area contributed by atoms with Crippen LogP contribution >= 0.6 is 27.7 Å². The summed E-state index contributed by atoms with van der Waals surface area (Å²) >= 11 is 5.02. The summed E-state index contributed by atoms with van der Waals surface area (Å²) in [7, 11) is 0. The number of thioether (sulfide) groups is 1. The van der Waals surface area contributed by atoms with Gasteiger partial charge in [0.1, 0.15) is 6.54 Å². The fraction of sp³-hybridized carbons (Fsp3) is 0.167. The first kappa shape index (κ1) is 11.6. The van der Waals surface area contributed by atoms with Gasteiger partial charge in [0.25, 0.3) is 0 Å². The predicted octanol–water partition coefficient (Wildman–Crippen LogP) is 3.17. The van der Waals surface area contributed by atoms with Gasteiger partial charge in [0.05, 0.1) is 4.48 Å². The molecule has 0 spiro atoms. The second-order valence-electron chi connectivity index (χ2n) is 3.35. The van der Waals surface area contributed by atoms with Crippen LogP contribution in [0.4, 0.5) is 0 Å². The molecule has 1 heterocycles. The van der Waals surface area contributed by atoms with Gasteiger partial charge in [-0.3, -0.25) is 9.79 Å². The molecular weight excluding hydrogens is 286 g/mol. The minimum atomic E-state index is 0.0337. The number of hydrogen-bond acceptors (Lipinski definition) is 3. The smallest absolute Gasteiger partial charge is 0.191 e. The van der Waals surface area contributed by atoms with Crippen LogP contribution in [0.2, 0.25) is 0 Å². The summed E-state index contributed by atoms with van der Waals surface area (Å²) in [5.41, 5.74) is 1.88. The number of ketones is 1. The maximum atomic E-state index is 11.5. The average molecular weight is 296 g/mol. The molecule has 0 unspecified atom stereocenters. The summed E-state index contributed by atoms with van der Waals surface area (Å²) in [5.74, 6) is 0.0337. The summed E-state index contributed by atoms with van der Waals surface area (Å²) < 4.78 is 0.624. The Kier molecular flexibility index (Phi) is 3.61. The molecule has 0 N–H and O–H groups in total. The van der Waals surface area contributed by atoms with Crippen LogP contribution in [-0.2, 0) is 4.79 Å². The molecular formula is C12H10BrNOS. The number of benzene rings is 1. The zero-order valence-corrected chi connectivity index (χ0v) is 11.1. The number of hydrogen-bond donors (Lipinski definition) is 0. The first-order valence-electron chi connectivity index (χ1n) is 4.79. The van der Waals surface area contributed by atoms with Gasteiger partial charge in [-0.2, -0.15) is 0 Å². The van der Waals surface area contributed by atoms with E-state index in [9.17, 15) is 4.79 Å².